The number of amides is 2. The molecular weight excluding hydrogens is 444 g/mol. The molecule has 0 atom stereocenters. The van der Waals surface area contributed by atoms with Gasteiger partial charge in [-0.05, 0) is 51.1 Å². The van der Waals surface area contributed by atoms with E-state index in [0.717, 1.165) is 17.8 Å². The summed E-state index contributed by atoms with van der Waals surface area (Å²) in [5.74, 6) is -1.46. The van der Waals surface area contributed by atoms with Crippen LogP contribution in [0.2, 0.25) is 0 Å². The Labute approximate surface area is 183 Å². The van der Waals surface area contributed by atoms with Crippen LogP contribution in [0.15, 0.2) is 52.3 Å². The summed E-state index contributed by atoms with van der Waals surface area (Å²) in [5.41, 5.74) is 4.38. The lowest BCUT2D eigenvalue weighted by Gasteiger charge is -2.20. The summed E-state index contributed by atoms with van der Waals surface area (Å²) in [6.45, 7) is 5.13. The molecule has 0 heterocycles. The highest BCUT2D eigenvalue weighted by Crippen LogP contribution is 2.30. The first-order valence-electron chi connectivity index (χ1n) is 8.93. The average molecular weight is 467 g/mol. The summed E-state index contributed by atoms with van der Waals surface area (Å²) in [6.07, 6.45) is 0. The number of hydrogen-bond donors (Lipinski definition) is 3. The van der Waals surface area contributed by atoms with Gasteiger partial charge in [0.05, 0.1) is 20.5 Å². The number of carbonyl (C=O) groups is 2. The fourth-order valence-electron chi connectivity index (χ4n) is 2.48. The van der Waals surface area contributed by atoms with Crippen molar-refractivity contribution in [2.45, 2.75) is 36.1 Å². The van der Waals surface area contributed by atoms with Crippen LogP contribution in [0.25, 0.3) is 0 Å². The highest BCUT2D eigenvalue weighted by molar-refractivity contribution is 8.00. The van der Waals surface area contributed by atoms with Gasteiger partial charge in [-0.25, -0.2) is 13.1 Å². The second-order valence-corrected chi connectivity index (χ2v) is 10.2. The minimum Gasteiger partial charge on any atom is -0.366 e. The molecular formula is C19H22N4O6S2. The summed E-state index contributed by atoms with van der Waals surface area (Å²) >= 11 is 0.904. The number of carbonyl (C=O) groups excluding carboxylic acids is 2. The van der Waals surface area contributed by atoms with Gasteiger partial charge >= 0.3 is 0 Å². The van der Waals surface area contributed by atoms with E-state index in [1.54, 1.807) is 20.8 Å². The fourth-order valence-corrected chi connectivity index (χ4v) is 4.75. The lowest BCUT2D eigenvalue weighted by atomic mass is 10.1. The predicted molar refractivity (Wildman–Crippen MR) is 117 cm³/mol. The average Bonchev–Trinajstić information content (AvgIpc) is 2.64. The summed E-state index contributed by atoms with van der Waals surface area (Å²) in [4.78, 5) is 34.3. The van der Waals surface area contributed by atoms with E-state index in [-0.39, 0.29) is 32.5 Å². The molecule has 12 heteroatoms. The van der Waals surface area contributed by atoms with Crippen molar-refractivity contribution >= 4 is 45.0 Å². The van der Waals surface area contributed by atoms with Crippen LogP contribution in [0.3, 0.4) is 0 Å². The van der Waals surface area contributed by atoms with Crippen molar-refractivity contribution < 1.29 is 22.9 Å². The number of nitro groups is 1. The molecule has 31 heavy (non-hydrogen) atoms. The number of sulfonamides is 1. The zero-order chi connectivity index (χ0) is 23.4. The molecule has 2 aromatic carbocycles. The lowest BCUT2D eigenvalue weighted by Crippen LogP contribution is -2.40. The number of primary amides is 1. The monoisotopic (exact) mass is 466 g/mol. The molecule has 10 nitrogen and oxygen atoms in total. The Balaban J connectivity index is 2.11. The molecule has 0 saturated carbocycles. The van der Waals surface area contributed by atoms with E-state index in [0.29, 0.717) is 0 Å². The van der Waals surface area contributed by atoms with Crippen LogP contribution in [0.5, 0.6) is 0 Å². The smallest absolute Gasteiger partial charge is 0.283 e. The number of rotatable bonds is 8. The van der Waals surface area contributed by atoms with Crippen LogP contribution in [-0.2, 0) is 14.8 Å². The number of nitrogens with two attached hydrogens (primary N) is 1. The first-order valence-corrected chi connectivity index (χ1v) is 11.4. The molecule has 0 bridgehead atoms. The van der Waals surface area contributed by atoms with Gasteiger partial charge in [0.15, 0.2) is 0 Å². The standard InChI is InChI=1S/C19H22N4O6S2/c1-19(2,3)22-31(28,29)14-6-4-5-13(10-14)21-17(24)11-30-16-8-7-12(18(20)25)9-15(16)23(26)27/h4-10,22H,11H2,1-3H3,(H2,20,25)(H,21,24). The van der Waals surface area contributed by atoms with Gasteiger partial charge in [-0.3, -0.25) is 19.7 Å². The van der Waals surface area contributed by atoms with E-state index < -0.39 is 32.3 Å². The fraction of sp³-hybridized carbons (Fsp3) is 0.263. The van der Waals surface area contributed by atoms with Gasteiger partial charge in [0, 0.05) is 22.9 Å². The van der Waals surface area contributed by atoms with E-state index in [4.69, 9.17) is 5.73 Å². The molecule has 2 rings (SSSR count). The van der Waals surface area contributed by atoms with E-state index in [1.807, 2.05) is 0 Å². The Morgan fingerprint density at radius 3 is 2.42 bits per heavy atom. The first kappa shape index (κ1) is 24.3. The van der Waals surface area contributed by atoms with Gasteiger partial charge in [0.2, 0.25) is 21.8 Å². The van der Waals surface area contributed by atoms with Crippen LogP contribution < -0.4 is 15.8 Å². The van der Waals surface area contributed by atoms with E-state index in [9.17, 15) is 28.1 Å². The third-order valence-electron chi connectivity index (χ3n) is 3.67. The van der Waals surface area contributed by atoms with Gasteiger partial charge in [-0.15, -0.1) is 11.8 Å². The zero-order valence-corrected chi connectivity index (χ0v) is 18.7. The first-order chi connectivity index (χ1) is 14.3. The summed E-state index contributed by atoms with van der Waals surface area (Å²) in [6, 6.07) is 9.49. The Morgan fingerprint density at radius 2 is 1.84 bits per heavy atom. The number of thioether (sulfide) groups is 1. The number of nitro benzene ring substituents is 1. The molecule has 2 aromatic rings. The van der Waals surface area contributed by atoms with Crippen LogP contribution in [0.4, 0.5) is 11.4 Å². The van der Waals surface area contributed by atoms with Crippen molar-refractivity contribution in [1.82, 2.24) is 4.72 Å². The maximum atomic E-state index is 12.4. The molecule has 166 valence electrons. The highest BCUT2D eigenvalue weighted by Gasteiger charge is 2.22. The molecule has 0 aliphatic carbocycles. The Morgan fingerprint density at radius 1 is 1.16 bits per heavy atom. The largest absolute Gasteiger partial charge is 0.366 e. The van der Waals surface area contributed by atoms with Gasteiger partial charge in [0.1, 0.15) is 0 Å². The molecule has 0 aromatic heterocycles. The van der Waals surface area contributed by atoms with Crippen LogP contribution in [-0.4, -0.2) is 36.4 Å². The Kier molecular flexibility index (Phi) is 7.41. The van der Waals surface area contributed by atoms with Gasteiger partial charge in [0.25, 0.3) is 5.69 Å². The van der Waals surface area contributed by atoms with Gasteiger partial charge < -0.3 is 11.1 Å². The molecule has 0 saturated heterocycles. The molecule has 0 aliphatic rings. The van der Waals surface area contributed by atoms with Crippen molar-refractivity contribution in [3.8, 4) is 0 Å². The van der Waals surface area contributed by atoms with Crippen LogP contribution in [0.1, 0.15) is 31.1 Å². The maximum absolute atomic E-state index is 12.4. The third-order valence-corrected chi connectivity index (χ3v) is 6.49. The highest BCUT2D eigenvalue weighted by atomic mass is 32.2. The second kappa shape index (κ2) is 9.45. The molecule has 0 spiro atoms. The van der Waals surface area contributed by atoms with Crippen molar-refractivity contribution in [2.75, 3.05) is 11.1 Å². The van der Waals surface area contributed by atoms with Crippen molar-refractivity contribution in [3.63, 3.8) is 0 Å². The van der Waals surface area contributed by atoms with Crippen molar-refractivity contribution in [3.05, 3.63) is 58.1 Å². The van der Waals surface area contributed by atoms with E-state index >= 15 is 0 Å². The molecule has 0 radical (unpaired) electrons. The normalized spacial score (nSPS) is 11.7. The predicted octanol–water partition coefficient (Wildman–Crippen LogP) is 2.50. The SMILES string of the molecule is CC(C)(C)NS(=O)(=O)c1cccc(NC(=O)CSc2ccc(C(N)=O)cc2[N+](=O)[O-])c1. The quantitative estimate of drug-likeness (QED) is 0.306. The van der Waals surface area contributed by atoms with Crippen molar-refractivity contribution in [2.24, 2.45) is 5.73 Å². The number of anilines is 1. The molecule has 0 aliphatic heterocycles. The van der Waals surface area contributed by atoms with Gasteiger partial charge in [-0.2, -0.15) is 0 Å². The molecule has 4 N–H and O–H groups in total. The second-order valence-electron chi connectivity index (χ2n) is 7.52. The molecule has 0 unspecified atom stereocenters. The summed E-state index contributed by atoms with van der Waals surface area (Å²) in [5, 5.41) is 13.8. The third kappa shape index (κ3) is 7.05. The maximum Gasteiger partial charge on any atom is 0.283 e. The van der Waals surface area contributed by atoms with Crippen LogP contribution >= 0.6 is 11.8 Å². The molecule has 0 fully saturated rings. The van der Waals surface area contributed by atoms with E-state index in [2.05, 4.69) is 10.0 Å². The van der Waals surface area contributed by atoms with Gasteiger partial charge in [-0.1, -0.05) is 6.07 Å². The zero-order valence-electron chi connectivity index (χ0n) is 17.0. The number of nitrogens with one attached hydrogen (secondary N) is 2. The number of benzene rings is 2. The lowest BCUT2D eigenvalue weighted by molar-refractivity contribution is -0.387. The van der Waals surface area contributed by atoms with Crippen LogP contribution in [0, 0.1) is 10.1 Å². The minimum absolute atomic E-state index is 0.00874. The van der Waals surface area contributed by atoms with Crippen molar-refractivity contribution in [1.29, 1.82) is 0 Å². The Hall–Kier alpha value is -2.96. The number of hydrogen-bond acceptors (Lipinski definition) is 7. The minimum atomic E-state index is -3.78. The summed E-state index contributed by atoms with van der Waals surface area (Å²) < 4.78 is 27.4. The number of nitrogens with zero attached hydrogens (tertiary/aromatic N) is 1. The summed E-state index contributed by atoms with van der Waals surface area (Å²) in [7, 11) is -3.78. The topological polar surface area (TPSA) is 162 Å². The van der Waals surface area contributed by atoms with E-state index in [1.165, 1.54) is 36.4 Å². The Bertz CT molecular complexity index is 1130. The molecule has 2 amide bonds.